The smallest absolute Gasteiger partial charge is 0.148 e. The molecule has 1 N–H and O–H groups in total. The second-order valence-corrected chi connectivity index (χ2v) is 5.38. The second-order valence-electron chi connectivity index (χ2n) is 5.38. The zero-order valence-electron chi connectivity index (χ0n) is 11.2. The highest BCUT2D eigenvalue weighted by Gasteiger charge is 2.22. The van der Waals surface area contributed by atoms with Gasteiger partial charge in [-0.1, -0.05) is 20.8 Å². The molecule has 1 atom stereocenters. The Morgan fingerprint density at radius 1 is 1.41 bits per heavy atom. The third-order valence-electron chi connectivity index (χ3n) is 3.69. The van der Waals surface area contributed by atoms with Crippen LogP contribution >= 0.6 is 0 Å². The summed E-state index contributed by atoms with van der Waals surface area (Å²) < 4.78 is 0. The van der Waals surface area contributed by atoms with Gasteiger partial charge in [-0.15, -0.1) is 5.10 Å². The molecule has 0 saturated carbocycles. The van der Waals surface area contributed by atoms with Crippen molar-refractivity contribution in [2.75, 3.05) is 11.9 Å². The van der Waals surface area contributed by atoms with Crippen LogP contribution in [0, 0.1) is 11.8 Å². The van der Waals surface area contributed by atoms with Crippen LogP contribution in [0.2, 0.25) is 0 Å². The Kier molecular flexibility index (Phi) is 3.97. The maximum Gasteiger partial charge on any atom is 0.148 e. The van der Waals surface area contributed by atoms with E-state index in [0.717, 1.165) is 37.0 Å². The van der Waals surface area contributed by atoms with Crippen LogP contribution in [0.15, 0.2) is 6.07 Å². The van der Waals surface area contributed by atoms with E-state index in [-0.39, 0.29) is 0 Å². The van der Waals surface area contributed by atoms with Crippen molar-refractivity contribution in [1.29, 1.82) is 0 Å². The molecule has 1 aromatic rings. The molecule has 0 spiro atoms. The maximum atomic E-state index is 4.35. The van der Waals surface area contributed by atoms with Crippen LogP contribution in [-0.2, 0) is 12.8 Å². The molecule has 3 heteroatoms. The zero-order chi connectivity index (χ0) is 12.3. The summed E-state index contributed by atoms with van der Waals surface area (Å²) in [6.07, 6.45) is 4.65. The molecule has 3 nitrogen and oxygen atoms in total. The van der Waals surface area contributed by atoms with E-state index < -0.39 is 0 Å². The number of anilines is 1. The Hall–Kier alpha value is -1.12. The Labute approximate surface area is 104 Å². The minimum absolute atomic E-state index is 0.767. The number of nitrogens with one attached hydrogen (secondary N) is 1. The molecule has 0 radical (unpaired) electrons. The standard InChI is InChI=1S/C14H23N3/c1-4-7-15-14-9-12-8-11(10(2)3)5-6-13(12)16-17-14/h9-11H,4-8H2,1-3H3,(H,15,17). The van der Waals surface area contributed by atoms with Gasteiger partial charge in [0.25, 0.3) is 0 Å². The van der Waals surface area contributed by atoms with Crippen molar-refractivity contribution < 1.29 is 0 Å². The monoisotopic (exact) mass is 233 g/mol. The number of hydrogen-bond donors (Lipinski definition) is 1. The van der Waals surface area contributed by atoms with Crippen LogP contribution in [0.5, 0.6) is 0 Å². The number of nitrogens with zero attached hydrogens (tertiary/aromatic N) is 2. The Bertz CT molecular complexity index is 374. The summed E-state index contributed by atoms with van der Waals surface area (Å²) in [7, 11) is 0. The Morgan fingerprint density at radius 3 is 2.94 bits per heavy atom. The lowest BCUT2D eigenvalue weighted by Gasteiger charge is -2.26. The Morgan fingerprint density at radius 2 is 2.24 bits per heavy atom. The number of hydrogen-bond acceptors (Lipinski definition) is 3. The summed E-state index contributed by atoms with van der Waals surface area (Å²) in [5.74, 6) is 2.52. The first-order valence-corrected chi connectivity index (χ1v) is 6.80. The van der Waals surface area contributed by atoms with Crippen LogP contribution in [0.1, 0.15) is 44.9 Å². The first-order chi connectivity index (χ1) is 8.20. The Balaban J connectivity index is 2.11. The highest BCUT2D eigenvalue weighted by Crippen LogP contribution is 2.29. The predicted octanol–water partition coefficient (Wildman–Crippen LogP) is 3.06. The van der Waals surface area contributed by atoms with E-state index in [9.17, 15) is 0 Å². The van der Waals surface area contributed by atoms with Crippen LogP contribution in [-0.4, -0.2) is 16.7 Å². The molecule has 2 rings (SSSR count). The molecule has 94 valence electrons. The van der Waals surface area contributed by atoms with Crippen molar-refractivity contribution in [3.8, 4) is 0 Å². The van der Waals surface area contributed by atoms with E-state index in [1.54, 1.807) is 0 Å². The van der Waals surface area contributed by atoms with E-state index in [4.69, 9.17) is 0 Å². The van der Waals surface area contributed by atoms with Gasteiger partial charge in [0.05, 0.1) is 5.69 Å². The van der Waals surface area contributed by atoms with Gasteiger partial charge in [-0.25, -0.2) is 0 Å². The molecule has 0 saturated heterocycles. The van der Waals surface area contributed by atoms with Gasteiger partial charge in [0.15, 0.2) is 0 Å². The van der Waals surface area contributed by atoms with Crippen molar-refractivity contribution in [3.63, 3.8) is 0 Å². The highest BCUT2D eigenvalue weighted by atomic mass is 15.2. The van der Waals surface area contributed by atoms with Gasteiger partial charge in [-0.3, -0.25) is 0 Å². The topological polar surface area (TPSA) is 37.8 Å². The van der Waals surface area contributed by atoms with E-state index in [1.807, 2.05) is 0 Å². The van der Waals surface area contributed by atoms with Gasteiger partial charge in [0.2, 0.25) is 0 Å². The van der Waals surface area contributed by atoms with Crippen molar-refractivity contribution in [2.24, 2.45) is 11.8 Å². The van der Waals surface area contributed by atoms with Crippen molar-refractivity contribution in [1.82, 2.24) is 10.2 Å². The van der Waals surface area contributed by atoms with E-state index in [1.165, 1.54) is 24.1 Å². The number of aromatic nitrogens is 2. The molecule has 1 heterocycles. The third kappa shape index (κ3) is 2.96. The summed E-state index contributed by atoms with van der Waals surface area (Å²) in [6, 6.07) is 2.20. The van der Waals surface area contributed by atoms with Crippen molar-refractivity contribution in [2.45, 2.75) is 46.5 Å². The molecular formula is C14H23N3. The normalized spacial score (nSPS) is 19.2. The van der Waals surface area contributed by atoms with Gasteiger partial charge in [0.1, 0.15) is 5.82 Å². The predicted molar refractivity (Wildman–Crippen MR) is 71.2 cm³/mol. The average molecular weight is 233 g/mol. The summed E-state index contributed by atoms with van der Waals surface area (Å²) in [6.45, 7) is 7.77. The van der Waals surface area contributed by atoms with Gasteiger partial charge >= 0.3 is 0 Å². The molecule has 1 unspecified atom stereocenters. The molecule has 0 bridgehead atoms. The lowest BCUT2D eigenvalue weighted by atomic mass is 9.80. The third-order valence-corrected chi connectivity index (χ3v) is 3.69. The first-order valence-electron chi connectivity index (χ1n) is 6.80. The zero-order valence-corrected chi connectivity index (χ0v) is 11.2. The van der Waals surface area contributed by atoms with Crippen LogP contribution in [0.4, 0.5) is 5.82 Å². The second kappa shape index (κ2) is 5.48. The highest BCUT2D eigenvalue weighted by molar-refractivity contribution is 5.39. The fraction of sp³-hybridized carbons (Fsp3) is 0.714. The molecule has 17 heavy (non-hydrogen) atoms. The molecule has 0 aliphatic heterocycles. The van der Waals surface area contributed by atoms with Gasteiger partial charge in [-0.2, -0.15) is 5.10 Å². The van der Waals surface area contributed by atoms with Crippen molar-refractivity contribution in [3.05, 3.63) is 17.3 Å². The van der Waals surface area contributed by atoms with Gasteiger partial charge < -0.3 is 5.32 Å². The average Bonchev–Trinajstić information content (AvgIpc) is 2.35. The fourth-order valence-electron chi connectivity index (χ4n) is 2.46. The largest absolute Gasteiger partial charge is 0.369 e. The SMILES string of the molecule is CCCNc1cc2c(nn1)CCC(C(C)C)C2. The summed E-state index contributed by atoms with van der Waals surface area (Å²) in [5, 5.41) is 11.9. The van der Waals surface area contributed by atoms with Gasteiger partial charge in [-0.05, 0) is 49.1 Å². The van der Waals surface area contributed by atoms with Crippen molar-refractivity contribution >= 4 is 5.82 Å². The maximum absolute atomic E-state index is 4.35. The molecule has 1 aliphatic carbocycles. The molecule has 0 fully saturated rings. The molecular weight excluding hydrogens is 210 g/mol. The van der Waals surface area contributed by atoms with E-state index >= 15 is 0 Å². The molecule has 0 aromatic carbocycles. The minimum Gasteiger partial charge on any atom is -0.369 e. The fourth-order valence-corrected chi connectivity index (χ4v) is 2.46. The summed E-state index contributed by atoms with van der Waals surface area (Å²) in [4.78, 5) is 0. The quantitative estimate of drug-likeness (QED) is 0.868. The lowest BCUT2D eigenvalue weighted by molar-refractivity contribution is 0.339. The van der Waals surface area contributed by atoms with E-state index in [2.05, 4.69) is 42.4 Å². The van der Waals surface area contributed by atoms with Crippen LogP contribution < -0.4 is 5.32 Å². The van der Waals surface area contributed by atoms with Crippen LogP contribution in [0.3, 0.4) is 0 Å². The summed E-state index contributed by atoms with van der Waals surface area (Å²) in [5.41, 5.74) is 2.62. The van der Waals surface area contributed by atoms with Crippen LogP contribution in [0.25, 0.3) is 0 Å². The summed E-state index contributed by atoms with van der Waals surface area (Å²) >= 11 is 0. The lowest BCUT2D eigenvalue weighted by Crippen LogP contribution is -2.21. The number of fused-ring (bicyclic) bond motifs is 1. The minimum atomic E-state index is 0.767. The molecule has 1 aliphatic rings. The first kappa shape index (κ1) is 12.3. The van der Waals surface area contributed by atoms with E-state index in [0.29, 0.717) is 0 Å². The van der Waals surface area contributed by atoms with Gasteiger partial charge in [0, 0.05) is 6.54 Å². The molecule has 0 amide bonds. The number of aryl methyl sites for hydroxylation is 1. The molecule has 1 aromatic heterocycles. The number of rotatable bonds is 4.